The van der Waals surface area contributed by atoms with E-state index in [-0.39, 0.29) is 5.92 Å². The van der Waals surface area contributed by atoms with Crippen molar-refractivity contribution in [1.29, 1.82) is 0 Å². The summed E-state index contributed by atoms with van der Waals surface area (Å²) in [6, 6.07) is 0.320. The lowest BCUT2D eigenvalue weighted by Gasteiger charge is -2.33. The summed E-state index contributed by atoms with van der Waals surface area (Å²) in [5, 5.41) is 6.97. The highest BCUT2D eigenvalue weighted by Crippen LogP contribution is 2.26. The molecule has 1 unspecified atom stereocenters. The van der Waals surface area contributed by atoms with Crippen LogP contribution in [0.2, 0.25) is 0 Å². The lowest BCUT2D eigenvalue weighted by molar-refractivity contribution is -0.135. The predicted molar refractivity (Wildman–Crippen MR) is 128 cm³/mol. The van der Waals surface area contributed by atoms with Crippen LogP contribution >= 0.6 is 0 Å². The maximum atomic E-state index is 12.8. The van der Waals surface area contributed by atoms with Gasteiger partial charge in [0.05, 0.1) is 0 Å². The van der Waals surface area contributed by atoms with Gasteiger partial charge in [0.15, 0.2) is 5.96 Å². The largest absolute Gasteiger partial charge is 0.357 e. The molecular weight excluding hydrogens is 388 g/mol. The van der Waals surface area contributed by atoms with E-state index in [2.05, 4.69) is 39.2 Å². The number of nitrogens with zero attached hydrogens (tertiary/aromatic N) is 4. The number of rotatable bonds is 9. The number of carbonyl (C=O) groups is 1. The second-order valence-electron chi connectivity index (χ2n) is 9.49. The molecule has 0 spiro atoms. The molecule has 3 rings (SSSR count). The number of carbonyl (C=O) groups excluding carboxylic acids is 1. The van der Waals surface area contributed by atoms with Gasteiger partial charge in [0.2, 0.25) is 5.91 Å². The molecule has 0 radical (unpaired) electrons. The molecule has 0 aromatic carbocycles. The highest BCUT2D eigenvalue weighted by Gasteiger charge is 2.31. The van der Waals surface area contributed by atoms with Crippen molar-refractivity contribution in [3.63, 3.8) is 0 Å². The SMILES string of the molecule is CCNC(=NCCCCN1CCN(CC)CC1)NC1CCN(C(=O)C2CCCCC2)C1. The van der Waals surface area contributed by atoms with E-state index < -0.39 is 0 Å². The highest BCUT2D eigenvalue weighted by atomic mass is 16.2. The number of aliphatic imine (C=N–C) groups is 1. The van der Waals surface area contributed by atoms with E-state index in [1.807, 2.05) is 0 Å². The van der Waals surface area contributed by atoms with Crippen molar-refractivity contribution in [2.75, 3.05) is 65.4 Å². The van der Waals surface area contributed by atoms with Crippen LogP contribution in [0, 0.1) is 5.92 Å². The first-order valence-corrected chi connectivity index (χ1v) is 13.0. The molecule has 0 aromatic heterocycles. The summed E-state index contributed by atoms with van der Waals surface area (Å²) in [6.45, 7) is 15.0. The number of amides is 1. The molecule has 2 saturated heterocycles. The highest BCUT2D eigenvalue weighted by molar-refractivity contribution is 5.81. The molecule has 2 N–H and O–H groups in total. The second kappa shape index (κ2) is 13.3. The Bertz CT molecular complexity index is 554. The van der Waals surface area contributed by atoms with Gasteiger partial charge >= 0.3 is 0 Å². The lowest BCUT2D eigenvalue weighted by atomic mass is 9.88. The fraction of sp³-hybridized carbons (Fsp3) is 0.917. The standard InChI is InChI=1S/C24H46N6O/c1-3-25-24(26-13-8-9-14-29-18-16-28(4-2)17-19-29)27-22-12-15-30(20-22)23(31)21-10-6-5-7-11-21/h21-22H,3-20H2,1-2H3,(H2,25,26,27). The third-order valence-electron chi connectivity index (χ3n) is 7.20. The number of piperazine rings is 1. The summed E-state index contributed by atoms with van der Waals surface area (Å²) in [4.78, 5) is 24.8. The zero-order valence-electron chi connectivity index (χ0n) is 20.1. The van der Waals surface area contributed by atoms with Crippen molar-refractivity contribution in [2.24, 2.45) is 10.9 Å². The van der Waals surface area contributed by atoms with Gasteiger partial charge in [-0.1, -0.05) is 26.2 Å². The van der Waals surface area contributed by atoms with E-state index in [1.54, 1.807) is 0 Å². The third kappa shape index (κ3) is 7.94. The quantitative estimate of drug-likeness (QED) is 0.331. The maximum Gasteiger partial charge on any atom is 0.225 e. The molecule has 2 aliphatic heterocycles. The van der Waals surface area contributed by atoms with Crippen LogP contribution < -0.4 is 10.6 Å². The minimum absolute atomic E-state index is 0.277. The molecule has 2 heterocycles. The van der Waals surface area contributed by atoms with Crippen LogP contribution in [0.5, 0.6) is 0 Å². The zero-order chi connectivity index (χ0) is 21.9. The Kier molecular flexibility index (Phi) is 10.4. The topological polar surface area (TPSA) is 63.2 Å². The Labute approximate surface area is 190 Å². The van der Waals surface area contributed by atoms with Crippen LogP contribution in [-0.4, -0.2) is 98.1 Å². The van der Waals surface area contributed by atoms with Crippen molar-refractivity contribution < 1.29 is 4.79 Å². The summed E-state index contributed by atoms with van der Waals surface area (Å²) in [5.41, 5.74) is 0. The third-order valence-corrected chi connectivity index (χ3v) is 7.20. The summed E-state index contributed by atoms with van der Waals surface area (Å²) >= 11 is 0. The van der Waals surface area contributed by atoms with Crippen molar-refractivity contribution in [2.45, 2.75) is 71.3 Å². The van der Waals surface area contributed by atoms with E-state index in [1.165, 1.54) is 65.0 Å². The van der Waals surface area contributed by atoms with Crippen molar-refractivity contribution in [3.05, 3.63) is 0 Å². The molecule has 1 saturated carbocycles. The Hall–Kier alpha value is -1.34. The van der Waals surface area contributed by atoms with Gasteiger partial charge in [0, 0.05) is 64.3 Å². The van der Waals surface area contributed by atoms with Gasteiger partial charge < -0.3 is 25.3 Å². The van der Waals surface area contributed by atoms with Crippen molar-refractivity contribution >= 4 is 11.9 Å². The summed E-state index contributed by atoms with van der Waals surface area (Å²) in [5.74, 6) is 1.58. The molecule has 3 aliphatic rings. The summed E-state index contributed by atoms with van der Waals surface area (Å²) in [6.07, 6.45) is 9.27. The lowest BCUT2D eigenvalue weighted by Crippen LogP contribution is -2.46. The molecular formula is C24H46N6O. The number of nitrogens with one attached hydrogen (secondary N) is 2. The molecule has 7 nitrogen and oxygen atoms in total. The van der Waals surface area contributed by atoms with E-state index in [0.717, 1.165) is 57.8 Å². The molecule has 0 bridgehead atoms. The van der Waals surface area contributed by atoms with Crippen LogP contribution in [0.3, 0.4) is 0 Å². The Balaban J connectivity index is 1.34. The molecule has 1 atom stereocenters. The monoisotopic (exact) mass is 434 g/mol. The second-order valence-corrected chi connectivity index (χ2v) is 9.49. The molecule has 0 aromatic rings. The normalized spacial score (nSPS) is 24.5. The fourth-order valence-corrected chi connectivity index (χ4v) is 5.17. The molecule has 31 heavy (non-hydrogen) atoms. The number of unbranched alkanes of at least 4 members (excludes halogenated alkanes) is 1. The van der Waals surface area contributed by atoms with Gasteiger partial charge in [-0.3, -0.25) is 9.79 Å². The minimum Gasteiger partial charge on any atom is -0.357 e. The first-order chi connectivity index (χ1) is 15.2. The smallest absolute Gasteiger partial charge is 0.225 e. The summed E-state index contributed by atoms with van der Waals surface area (Å²) < 4.78 is 0. The van der Waals surface area contributed by atoms with Crippen LogP contribution in [0.25, 0.3) is 0 Å². The average Bonchev–Trinajstić information content (AvgIpc) is 3.28. The van der Waals surface area contributed by atoms with Crippen LogP contribution in [-0.2, 0) is 4.79 Å². The average molecular weight is 435 g/mol. The maximum absolute atomic E-state index is 12.8. The van der Waals surface area contributed by atoms with Gasteiger partial charge in [-0.15, -0.1) is 0 Å². The van der Waals surface area contributed by atoms with E-state index >= 15 is 0 Å². The molecule has 178 valence electrons. The summed E-state index contributed by atoms with van der Waals surface area (Å²) in [7, 11) is 0. The van der Waals surface area contributed by atoms with Crippen LogP contribution in [0.4, 0.5) is 0 Å². The van der Waals surface area contributed by atoms with Crippen LogP contribution in [0.15, 0.2) is 4.99 Å². The zero-order valence-corrected chi connectivity index (χ0v) is 20.1. The molecule has 1 amide bonds. The van der Waals surface area contributed by atoms with Gasteiger partial charge in [-0.2, -0.15) is 0 Å². The number of likely N-dealkylation sites (N-methyl/N-ethyl adjacent to an activating group) is 1. The van der Waals surface area contributed by atoms with Gasteiger partial charge in [0.25, 0.3) is 0 Å². The van der Waals surface area contributed by atoms with Crippen LogP contribution in [0.1, 0.15) is 65.2 Å². The number of likely N-dealkylation sites (tertiary alicyclic amines) is 1. The van der Waals surface area contributed by atoms with E-state index in [9.17, 15) is 4.79 Å². The fourth-order valence-electron chi connectivity index (χ4n) is 5.17. The first kappa shape index (κ1) is 24.3. The van der Waals surface area contributed by atoms with Gasteiger partial charge in [-0.05, 0) is 52.1 Å². The number of hydrogen-bond donors (Lipinski definition) is 2. The van der Waals surface area contributed by atoms with E-state index in [4.69, 9.17) is 4.99 Å². The Morgan fingerprint density at radius 1 is 0.935 bits per heavy atom. The Morgan fingerprint density at radius 3 is 2.39 bits per heavy atom. The van der Waals surface area contributed by atoms with Crippen molar-refractivity contribution in [3.8, 4) is 0 Å². The van der Waals surface area contributed by atoms with Crippen molar-refractivity contribution in [1.82, 2.24) is 25.3 Å². The van der Waals surface area contributed by atoms with Gasteiger partial charge in [-0.25, -0.2) is 0 Å². The van der Waals surface area contributed by atoms with Gasteiger partial charge in [0.1, 0.15) is 0 Å². The molecule has 3 fully saturated rings. The number of hydrogen-bond acceptors (Lipinski definition) is 4. The van der Waals surface area contributed by atoms with E-state index in [0.29, 0.717) is 11.9 Å². The first-order valence-electron chi connectivity index (χ1n) is 13.0. The molecule has 1 aliphatic carbocycles. The minimum atomic E-state index is 0.277. The predicted octanol–water partition coefficient (Wildman–Crippen LogP) is 2.14. The molecule has 7 heteroatoms. The Morgan fingerprint density at radius 2 is 1.68 bits per heavy atom. The number of guanidine groups is 1.